The number of hydrogen-bond acceptors (Lipinski definition) is 6. The predicted octanol–water partition coefficient (Wildman–Crippen LogP) is 16.6. The second-order valence-corrected chi connectivity index (χ2v) is 16.7. The summed E-state index contributed by atoms with van der Waals surface area (Å²) in [6, 6.07) is 0. The number of carbonyl (C=O) groups is 3. The van der Waals surface area contributed by atoms with Crippen LogP contribution in [0.25, 0.3) is 0 Å². The Morgan fingerprint density at radius 2 is 0.607 bits per heavy atom. The van der Waals surface area contributed by atoms with Gasteiger partial charge in [0.25, 0.3) is 0 Å². The summed E-state index contributed by atoms with van der Waals surface area (Å²) in [4.78, 5) is 37.9. The summed E-state index contributed by atoms with van der Waals surface area (Å²) in [6.45, 7) is 6.51. The Bertz CT molecular complexity index is 1160. The Morgan fingerprint density at radius 1 is 0.328 bits per heavy atom. The summed E-state index contributed by atoms with van der Waals surface area (Å²) in [5.41, 5.74) is 0. The normalized spacial score (nSPS) is 12.6. The lowest BCUT2D eigenvalue weighted by Gasteiger charge is -2.18. The van der Waals surface area contributed by atoms with E-state index in [9.17, 15) is 14.4 Å². The van der Waals surface area contributed by atoms with Gasteiger partial charge >= 0.3 is 17.9 Å². The van der Waals surface area contributed by atoms with Crippen LogP contribution in [-0.2, 0) is 28.6 Å². The van der Waals surface area contributed by atoms with E-state index in [1.165, 1.54) is 103 Å². The third-order valence-electron chi connectivity index (χ3n) is 10.7. The summed E-state index contributed by atoms with van der Waals surface area (Å²) < 4.78 is 16.7. The molecule has 0 N–H and O–H groups in total. The zero-order chi connectivity index (χ0) is 44.4. The van der Waals surface area contributed by atoms with Gasteiger partial charge < -0.3 is 14.2 Å². The molecular weight excluding hydrogens is 757 g/mol. The Morgan fingerprint density at radius 3 is 1.02 bits per heavy atom. The zero-order valence-electron chi connectivity index (χ0n) is 39.9. The number of unbranched alkanes of at least 4 members (excludes halogenated alkanes) is 22. The highest BCUT2D eigenvalue weighted by molar-refractivity contribution is 5.71. The summed E-state index contributed by atoms with van der Waals surface area (Å²) in [6.07, 6.45) is 61.7. The first-order valence-electron chi connectivity index (χ1n) is 25.4. The van der Waals surface area contributed by atoms with E-state index in [-0.39, 0.29) is 37.5 Å². The largest absolute Gasteiger partial charge is 0.462 e. The Balaban J connectivity index is 4.48. The quantitative estimate of drug-likeness (QED) is 0.0263. The standard InChI is InChI=1S/C55H94O6/c1-4-7-10-13-16-19-22-24-26-27-29-30-33-36-39-42-45-48-54(57)60-51-52(50-59-53(56)47-44-41-38-35-32-21-18-15-12-9-6-3)61-55(58)49-46-43-40-37-34-31-28-25-23-20-17-14-11-8-5-2/h16-17,19-20,24-26,28-30,36,39,52H,4-15,18,21-23,27,31-35,37-38,40-51H2,1-3H3/b19-16-,20-17-,26-24-,28-25-,30-29-,39-36-/t52-/m0/s1. The van der Waals surface area contributed by atoms with Crippen LogP contribution >= 0.6 is 0 Å². The molecule has 0 saturated heterocycles. The van der Waals surface area contributed by atoms with E-state index in [0.717, 1.165) is 89.9 Å². The lowest BCUT2D eigenvalue weighted by molar-refractivity contribution is -0.167. The summed E-state index contributed by atoms with van der Waals surface area (Å²) in [5, 5.41) is 0. The molecule has 0 aliphatic carbocycles. The lowest BCUT2D eigenvalue weighted by Crippen LogP contribution is -2.30. The van der Waals surface area contributed by atoms with E-state index in [0.29, 0.717) is 19.3 Å². The number of rotatable bonds is 45. The molecule has 0 aromatic heterocycles. The topological polar surface area (TPSA) is 78.9 Å². The minimum absolute atomic E-state index is 0.0970. The van der Waals surface area contributed by atoms with Crippen molar-refractivity contribution in [2.45, 2.75) is 245 Å². The van der Waals surface area contributed by atoms with Crippen LogP contribution in [0.1, 0.15) is 239 Å². The lowest BCUT2D eigenvalue weighted by atomic mass is 10.1. The first kappa shape index (κ1) is 57.9. The van der Waals surface area contributed by atoms with E-state index >= 15 is 0 Å². The van der Waals surface area contributed by atoms with Crippen LogP contribution in [0.5, 0.6) is 0 Å². The SMILES string of the molecule is CCCCC/C=C\C/C=C\C/C=C\C/C=C\CCCC(=O)OC[C@H](COC(=O)CCCCCCCCCCCCC)OC(=O)CCCCCCC/C=C\C/C=C\CCCCC. The van der Waals surface area contributed by atoms with Gasteiger partial charge in [-0.05, 0) is 89.9 Å². The summed E-state index contributed by atoms with van der Waals surface area (Å²) in [7, 11) is 0. The molecule has 0 heterocycles. The monoisotopic (exact) mass is 851 g/mol. The molecular formula is C55H94O6. The van der Waals surface area contributed by atoms with Crippen LogP contribution in [0.2, 0.25) is 0 Å². The van der Waals surface area contributed by atoms with Gasteiger partial charge in [-0.25, -0.2) is 0 Å². The number of esters is 3. The molecule has 61 heavy (non-hydrogen) atoms. The zero-order valence-corrected chi connectivity index (χ0v) is 39.9. The van der Waals surface area contributed by atoms with Crippen LogP contribution in [-0.4, -0.2) is 37.2 Å². The van der Waals surface area contributed by atoms with E-state index in [2.05, 4.69) is 93.7 Å². The number of ether oxygens (including phenoxy) is 3. The molecule has 0 amide bonds. The molecule has 6 nitrogen and oxygen atoms in total. The molecule has 0 aliphatic rings. The third-order valence-corrected chi connectivity index (χ3v) is 10.7. The molecule has 0 aromatic carbocycles. The van der Waals surface area contributed by atoms with Crippen LogP contribution in [0, 0.1) is 0 Å². The molecule has 350 valence electrons. The fraction of sp³-hybridized carbons (Fsp3) is 0.727. The molecule has 1 atom stereocenters. The molecule has 6 heteroatoms. The summed E-state index contributed by atoms with van der Waals surface area (Å²) >= 11 is 0. The third kappa shape index (κ3) is 47.7. The van der Waals surface area contributed by atoms with Crippen molar-refractivity contribution in [2.75, 3.05) is 13.2 Å². The Kier molecular flexibility index (Phi) is 46.9. The Hall–Kier alpha value is -3.15. The van der Waals surface area contributed by atoms with Crippen molar-refractivity contribution in [1.29, 1.82) is 0 Å². The maximum Gasteiger partial charge on any atom is 0.306 e. The average Bonchev–Trinajstić information content (AvgIpc) is 3.26. The van der Waals surface area contributed by atoms with Crippen molar-refractivity contribution in [1.82, 2.24) is 0 Å². The maximum absolute atomic E-state index is 12.8. The first-order chi connectivity index (χ1) is 30.0. The van der Waals surface area contributed by atoms with Crippen LogP contribution < -0.4 is 0 Å². The number of carbonyl (C=O) groups excluding carboxylic acids is 3. The smallest absolute Gasteiger partial charge is 0.306 e. The molecule has 0 aromatic rings. The van der Waals surface area contributed by atoms with Crippen molar-refractivity contribution in [3.8, 4) is 0 Å². The van der Waals surface area contributed by atoms with Gasteiger partial charge in [0.05, 0.1) is 0 Å². The second-order valence-electron chi connectivity index (χ2n) is 16.7. The van der Waals surface area contributed by atoms with Gasteiger partial charge in [0.1, 0.15) is 13.2 Å². The molecule has 0 rings (SSSR count). The van der Waals surface area contributed by atoms with Crippen molar-refractivity contribution in [3.05, 3.63) is 72.9 Å². The first-order valence-corrected chi connectivity index (χ1v) is 25.4. The number of hydrogen-bond donors (Lipinski definition) is 0. The van der Waals surface area contributed by atoms with Gasteiger partial charge in [0.15, 0.2) is 6.10 Å². The van der Waals surface area contributed by atoms with Gasteiger partial charge in [-0.1, -0.05) is 203 Å². The molecule has 0 unspecified atom stereocenters. The molecule has 0 bridgehead atoms. The van der Waals surface area contributed by atoms with Crippen molar-refractivity contribution in [2.24, 2.45) is 0 Å². The van der Waals surface area contributed by atoms with Gasteiger partial charge in [-0.15, -0.1) is 0 Å². The fourth-order valence-corrected chi connectivity index (χ4v) is 6.82. The molecule has 0 radical (unpaired) electrons. The highest BCUT2D eigenvalue weighted by Crippen LogP contribution is 2.14. The number of allylic oxidation sites excluding steroid dienone is 12. The van der Waals surface area contributed by atoms with Crippen molar-refractivity contribution in [3.63, 3.8) is 0 Å². The highest BCUT2D eigenvalue weighted by Gasteiger charge is 2.19. The fourth-order valence-electron chi connectivity index (χ4n) is 6.82. The molecule has 0 fully saturated rings. The second kappa shape index (κ2) is 49.5. The van der Waals surface area contributed by atoms with Gasteiger partial charge in [-0.3, -0.25) is 14.4 Å². The van der Waals surface area contributed by atoms with Crippen molar-refractivity contribution >= 4 is 17.9 Å². The highest BCUT2D eigenvalue weighted by atomic mass is 16.6. The van der Waals surface area contributed by atoms with Gasteiger partial charge in [0.2, 0.25) is 0 Å². The maximum atomic E-state index is 12.8. The van der Waals surface area contributed by atoms with E-state index in [4.69, 9.17) is 14.2 Å². The molecule has 0 aliphatic heterocycles. The summed E-state index contributed by atoms with van der Waals surface area (Å²) in [5.74, 6) is -0.970. The minimum atomic E-state index is -0.802. The minimum Gasteiger partial charge on any atom is -0.462 e. The van der Waals surface area contributed by atoms with Gasteiger partial charge in [0, 0.05) is 19.3 Å². The van der Waals surface area contributed by atoms with Crippen LogP contribution in [0.4, 0.5) is 0 Å². The van der Waals surface area contributed by atoms with E-state index in [1.807, 2.05) is 0 Å². The van der Waals surface area contributed by atoms with Crippen LogP contribution in [0.3, 0.4) is 0 Å². The van der Waals surface area contributed by atoms with E-state index in [1.54, 1.807) is 0 Å². The van der Waals surface area contributed by atoms with Gasteiger partial charge in [-0.2, -0.15) is 0 Å². The molecule has 0 saturated carbocycles. The van der Waals surface area contributed by atoms with E-state index < -0.39 is 6.10 Å². The Labute approximate surface area is 376 Å². The van der Waals surface area contributed by atoms with Crippen molar-refractivity contribution < 1.29 is 28.6 Å². The molecule has 0 spiro atoms. The average molecular weight is 851 g/mol. The van der Waals surface area contributed by atoms with Crippen LogP contribution in [0.15, 0.2) is 72.9 Å². The predicted molar refractivity (Wildman–Crippen MR) is 261 cm³/mol.